The van der Waals surface area contributed by atoms with Crippen LogP contribution in [0.3, 0.4) is 0 Å². The molecule has 0 aromatic carbocycles. The van der Waals surface area contributed by atoms with Gasteiger partial charge in [-0.25, -0.2) is 10.2 Å². The van der Waals surface area contributed by atoms with Crippen molar-refractivity contribution in [1.82, 2.24) is 10.9 Å². The van der Waals surface area contributed by atoms with Gasteiger partial charge in [0.15, 0.2) is 0 Å². The lowest BCUT2D eigenvalue weighted by Crippen LogP contribution is -2.49. The third-order valence-corrected chi connectivity index (χ3v) is 2.88. The quantitative estimate of drug-likeness (QED) is 0.600. The van der Waals surface area contributed by atoms with Gasteiger partial charge in [-0.1, -0.05) is 12.8 Å². The lowest BCUT2D eigenvalue weighted by molar-refractivity contribution is -0.314. The number of carboxylic acids is 1. The normalized spacial score (nSPS) is 23.6. The molecule has 0 spiro atoms. The highest BCUT2D eigenvalue weighted by atomic mass is 16.5. The number of hydrogen-bond acceptors (Lipinski definition) is 5. The first-order valence-electron chi connectivity index (χ1n) is 5.41. The maximum atomic E-state index is 11.7. The Morgan fingerprint density at radius 1 is 1.12 bits per heavy atom. The van der Waals surface area contributed by atoms with Crippen LogP contribution in [0.15, 0.2) is 0 Å². The second-order valence-corrected chi connectivity index (χ2v) is 3.92. The fraction of sp³-hybridized carbons (Fsp3) is 0.700. The van der Waals surface area contributed by atoms with Gasteiger partial charge < -0.3 is 14.6 Å². The van der Waals surface area contributed by atoms with E-state index in [0.29, 0.717) is 12.8 Å². The largest absolute Gasteiger partial charge is 0.550 e. The van der Waals surface area contributed by atoms with E-state index >= 15 is 0 Å². The molecule has 7 heteroatoms. The predicted octanol–water partition coefficient (Wildman–Crippen LogP) is -1.07. The van der Waals surface area contributed by atoms with Crippen LogP contribution >= 0.6 is 0 Å². The van der Waals surface area contributed by atoms with Crippen molar-refractivity contribution < 1.29 is 24.2 Å². The lowest BCUT2D eigenvalue weighted by atomic mass is 9.79. The van der Waals surface area contributed by atoms with Crippen molar-refractivity contribution in [3.63, 3.8) is 0 Å². The molecule has 0 unspecified atom stereocenters. The molecule has 2 atom stereocenters. The van der Waals surface area contributed by atoms with Gasteiger partial charge in [0.2, 0.25) is 5.91 Å². The number of carboxylic acid groups (broad SMARTS) is 1. The monoisotopic (exact) mass is 243 g/mol. The van der Waals surface area contributed by atoms with Gasteiger partial charge in [-0.3, -0.25) is 10.2 Å². The van der Waals surface area contributed by atoms with Gasteiger partial charge in [0.25, 0.3) is 0 Å². The second-order valence-electron chi connectivity index (χ2n) is 3.92. The van der Waals surface area contributed by atoms with Gasteiger partial charge in [-0.15, -0.1) is 0 Å². The maximum absolute atomic E-state index is 11.7. The second kappa shape index (κ2) is 6.07. The first kappa shape index (κ1) is 13.3. The van der Waals surface area contributed by atoms with Crippen LogP contribution < -0.4 is 16.0 Å². The fourth-order valence-corrected chi connectivity index (χ4v) is 1.98. The summed E-state index contributed by atoms with van der Waals surface area (Å²) < 4.78 is 4.27. The third kappa shape index (κ3) is 3.61. The van der Waals surface area contributed by atoms with Gasteiger partial charge in [0.05, 0.1) is 7.11 Å². The van der Waals surface area contributed by atoms with Crippen molar-refractivity contribution >= 4 is 18.0 Å². The molecule has 1 aliphatic rings. The summed E-state index contributed by atoms with van der Waals surface area (Å²) in [4.78, 5) is 33.3. The van der Waals surface area contributed by atoms with Crippen molar-refractivity contribution in [2.45, 2.75) is 25.7 Å². The van der Waals surface area contributed by atoms with E-state index in [1.165, 1.54) is 0 Å². The number of methoxy groups -OCH3 is 1. The predicted molar refractivity (Wildman–Crippen MR) is 54.1 cm³/mol. The standard InChI is InChI=1S/C10H16N2O5/c1-17-10(16)12-11-8(13)6-4-2-3-5-7(6)9(14)15/h6-7H,2-5H2,1H3,(H,11,13)(H,12,16)(H,14,15)/p-1/t6-,7+/m0/s1. The van der Waals surface area contributed by atoms with Crippen molar-refractivity contribution in [3.8, 4) is 0 Å². The Morgan fingerprint density at radius 3 is 2.24 bits per heavy atom. The average molecular weight is 243 g/mol. The number of ether oxygens (including phenoxy) is 1. The Kier molecular flexibility index (Phi) is 4.74. The van der Waals surface area contributed by atoms with Crippen molar-refractivity contribution in [3.05, 3.63) is 0 Å². The van der Waals surface area contributed by atoms with E-state index in [9.17, 15) is 19.5 Å². The summed E-state index contributed by atoms with van der Waals surface area (Å²) in [6.45, 7) is 0. The minimum absolute atomic E-state index is 0.429. The van der Waals surface area contributed by atoms with Crippen LogP contribution in [0.4, 0.5) is 4.79 Å². The summed E-state index contributed by atoms with van der Waals surface area (Å²) in [6, 6.07) is 0. The van der Waals surface area contributed by atoms with Crippen LogP contribution in [0.5, 0.6) is 0 Å². The molecule has 0 radical (unpaired) electrons. The summed E-state index contributed by atoms with van der Waals surface area (Å²) in [7, 11) is 1.16. The number of hydrogen-bond donors (Lipinski definition) is 2. The van der Waals surface area contributed by atoms with E-state index < -0.39 is 29.8 Å². The number of nitrogens with one attached hydrogen (secondary N) is 2. The van der Waals surface area contributed by atoms with Crippen LogP contribution in [0.2, 0.25) is 0 Å². The first-order chi connectivity index (χ1) is 8.06. The van der Waals surface area contributed by atoms with Crippen molar-refractivity contribution in [2.75, 3.05) is 7.11 Å². The van der Waals surface area contributed by atoms with E-state index in [0.717, 1.165) is 20.0 Å². The number of amides is 2. The minimum atomic E-state index is -1.22. The molecule has 0 bridgehead atoms. The van der Waals surface area contributed by atoms with Gasteiger partial charge in [0.1, 0.15) is 0 Å². The molecule has 7 nitrogen and oxygen atoms in total. The first-order valence-corrected chi connectivity index (χ1v) is 5.41. The van der Waals surface area contributed by atoms with Gasteiger partial charge in [-0.05, 0) is 12.8 Å². The van der Waals surface area contributed by atoms with Crippen molar-refractivity contribution in [1.29, 1.82) is 0 Å². The SMILES string of the molecule is COC(=O)NNC(=O)[C@H]1CCCC[C@H]1C(=O)[O-]. The Morgan fingerprint density at radius 2 is 1.71 bits per heavy atom. The average Bonchev–Trinajstić information content (AvgIpc) is 2.35. The molecule has 1 aliphatic carbocycles. The van der Waals surface area contributed by atoms with Crippen LogP contribution in [0.1, 0.15) is 25.7 Å². The molecule has 1 rings (SSSR count). The highest BCUT2D eigenvalue weighted by Crippen LogP contribution is 2.29. The zero-order valence-electron chi connectivity index (χ0n) is 9.52. The summed E-state index contributed by atoms with van der Waals surface area (Å²) in [5, 5.41) is 10.9. The molecule has 0 heterocycles. The maximum Gasteiger partial charge on any atom is 0.425 e. The third-order valence-electron chi connectivity index (χ3n) is 2.88. The zero-order valence-corrected chi connectivity index (χ0v) is 9.52. The van der Waals surface area contributed by atoms with Gasteiger partial charge in [0, 0.05) is 17.8 Å². The molecule has 0 aliphatic heterocycles. The molecule has 2 N–H and O–H groups in total. The number of hydrazine groups is 1. The Hall–Kier alpha value is -1.79. The van der Waals surface area contributed by atoms with E-state index in [-0.39, 0.29) is 0 Å². The topological polar surface area (TPSA) is 108 Å². The molecule has 1 saturated carbocycles. The lowest BCUT2D eigenvalue weighted by Gasteiger charge is -2.30. The Bertz CT molecular complexity index is 318. The highest BCUT2D eigenvalue weighted by molar-refractivity contribution is 5.85. The van der Waals surface area contributed by atoms with Crippen LogP contribution in [0, 0.1) is 11.8 Å². The van der Waals surface area contributed by atoms with E-state index in [1.54, 1.807) is 0 Å². The van der Waals surface area contributed by atoms with Crippen molar-refractivity contribution in [2.24, 2.45) is 11.8 Å². The van der Waals surface area contributed by atoms with Gasteiger partial charge >= 0.3 is 6.09 Å². The summed E-state index contributed by atoms with van der Waals surface area (Å²) in [5.74, 6) is -3.19. The van der Waals surface area contributed by atoms with Crippen LogP contribution in [0.25, 0.3) is 0 Å². The fourth-order valence-electron chi connectivity index (χ4n) is 1.98. The molecule has 17 heavy (non-hydrogen) atoms. The number of rotatable bonds is 2. The molecule has 1 fully saturated rings. The van der Waals surface area contributed by atoms with E-state index in [2.05, 4.69) is 10.2 Å². The summed E-state index contributed by atoms with van der Waals surface area (Å²) in [6.07, 6.45) is 1.66. The molecular weight excluding hydrogens is 228 g/mol. The van der Waals surface area contributed by atoms with Crippen LogP contribution in [-0.4, -0.2) is 25.1 Å². The minimum Gasteiger partial charge on any atom is -0.550 e. The number of aliphatic carboxylic acids is 1. The van der Waals surface area contributed by atoms with Crippen LogP contribution in [-0.2, 0) is 14.3 Å². The zero-order chi connectivity index (χ0) is 12.8. The van der Waals surface area contributed by atoms with E-state index in [1.807, 2.05) is 5.43 Å². The number of carbonyl (C=O) groups excluding carboxylic acids is 3. The molecule has 0 saturated heterocycles. The summed E-state index contributed by atoms with van der Waals surface area (Å²) >= 11 is 0. The summed E-state index contributed by atoms with van der Waals surface area (Å²) in [5.41, 5.74) is 4.15. The highest BCUT2D eigenvalue weighted by Gasteiger charge is 2.31. The molecule has 0 aromatic rings. The Labute approximate surface area is 98.5 Å². The number of carbonyl (C=O) groups is 3. The van der Waals surface area contributed by atoms with E-state index in [4.69, 9.17) is 0 Å². The smallest absolute Gasteiger partial charge is 0.425 e. The molecule has 2 amide bonds. The molecule has 96 valence electrons. The van der Waals surface area contributed by atoms with Gasteiger partial charge in [-0.2, -0.15) is 0 Å². The molecule has 0 aromatic heterocycles. The Balaban J connectivity index is 2.53. The molecular formula is C10H15N2O5-.